The molecular formula is C31H36N4O4S. The second-order valence-electron chi connectivity index (χ2n) is 12.6. The summed E-state index contributed by atoms with van der Waals surface area (Å²) in [4.78, 5) is 9.30. The molecule has 3 aromatic rings. The summed E-state index contributed by atoms with van der Waals surface area (Å²) in [6, 6.07) is 14.2. The number of aliphatic hydroxyl groups is 1. The Morgan fingerprint density at radius 2 is 1.57 bits per heavy atom. The van der Waals surface area contributed by atoms with Crippen LogP contribution in [0.1, 0.15) is 61.4 Å². The first-order valence-corrected chi connectivity index (χ1v) is 15.8. The van der Waals surface area contributed by atoms with Gasteiger partial charge in [0.05, 0.1) is 10.6 Å². The van der Waals surface area contributed by atoms with Crippen LogP contribution in [0.2, 0.25) is 0 Å². The van der Waals surface area contributed by atoms with Gasteiger partial charge in [0.15, 0.2) is 0 Å². The highest BCUT2D eigenvalue weighted by molar-refractivity contribution is 7.92. The van der Waals surface area contributed by atoms with E-state index in [2.05, 4.69) is 20.0 Å². The van der Waals surface area contributed by atoms with E-state index in [1.165, 1.54) is 31.4 Å². The van der Waals surface area contributed by atoms with Crippen molar-refractivity contribution in [3.63, 3.8) is 0 Å². The van der Waals surface area contributed by atoms with Crippen LogP contribution in [0.15, 0.2) is 53.4 Å². The summed E-state index contributed by atoms with van der Waals surface area (Å²) in [5.74, 6) is 2.47. The molecule has 8 bridgehead atoms. The number of anilines is 1. The van der Waals surface area contributed by atoms with Crippen LogP contribution in [0.4, 0.5) is 5.95 Å². The molecule has 1 aliphatic heterocycles. The zero-order chi connectivity index (χ0) is 27.6. The summed E-state index contributed by atoms with van der Waals surface area (Å²) < 4.78 is 36.2. The van der Waals surface area contributed by atoms with Crippen LogP contribution in [0.3, 0.4) is 0 Å². The van der Waals surface area contributed by atoms with E-state index in [0.29, 0.717) is 23.7 Å². The number of rotatable bonds is 2. The Labute approximate surface area is 235 Å². The summed E-state index contributed by atoms with van der Waals surface area (Å²) in [7, 11) is -4.02. The third-order valence-corrected chi connectivity index (χ3v) is 11.0. The Balaban J connectivity index is 1.37. The quantitative estimate of drug-likeness (QED) is 0.399. The topological polar surface area (TPSA) is 113 Å². The van der Waals surface area contributed by atoms with E-state index in [9.17, 15) is 13.5 Å². The molecule has 5 aliphatic rings. The number of nitrogens with one attached hydrogen (secondary N) is 2. The molecule has 2 unspecified atom stereocenters. The van der Waals surface area contributed by atoms with Crippen molar-refractivity contribution < 1.29 is 18.3 Å². The molecule has 8 nitrogen and oxygen atoms in total. The van der Waals surface area contributed by atoms with Crippen LogP contribution in [-0.4, -0.2) is 36.1 Å². The third kappa shape index (κ3) is 4.58. The number of aromatic nitrogens is 2. The third-order valence-electron chi connectivity index (χ3n) is 9.68. The summed E-state index contributed by atoms with van der Waals surface area (Å²) in [5, 5.41) is 14.4. The normalized spacial score (nSPS) is 32.2. The van der Waals surface area contributed by atoms with Crippen molar-refractivity contribution in [2.75, 3.05) is 11.3 Å². The van der Waals surface area contributed by atoms with Crippen molar-refractivity contribution in [2.45, 2.75) is 69.6 Å². The molecule has 4 aliphatic carbocycles. The first-order chi connectivity index (χ1) is 19.2. The number of fused-ring (bicyclic) bond motifs is 4. The molecule has 0 radical (unpaired) electrons. The first-order valence-electron chi connectivity index (χ1n) is 14.3. The molecule has 4 fully saturated rings. The Kier molecular flexibility index (Phi) is 6.18. The maximum atomic E-state index is 13.4. The predicted octanol–water partition coefficient (Wildman–Crippen LogP) is 5.12. The number of aliphatic hydroxyl groups excluding tert-OH is 1. The molecule has 3 N–H and O–H groups in total. The van der Waals surface area contributed by atoms with E-state index < -0.39 is 16.3 Å². The second-order valence-corrected chi connectivity index (χ2v) is 14.2. The van der Waals surface area contributed by atoms with Gasteiger partial charge >= 0.3 is 0 Å². The van der Waals surface area contributed by atoms with E-state index >= 15 is 0 Å². The summed E-state index contributed by atoms with van der Waals surface area (Å²) in [6.07, 6.45) is 6.02. The fraction of sp³-hybridized carbons (Fsp3) is 0.484. The highest BCUT2D eigenvalue weighted by atomic mass is 32.2. The molecule has 40 heavy (non-hydrogen) atoms. The lowest BCUT2D eigenvalue weighted by molar-refractivity contribution is -0.113. The van der Waals surface area contributed by atoms with Crippen LogP contribution in [0, 0.1) is 37.0 Å². The van der Waals surface area contributed by atoms with Crippen molar-refractivity contribution in [1.82, 2.24) is 15.3 Å². The first kappa shape index (κ1) is 25.9. The Morgan fingerprint density at radius 3 is 2.25 bits per heavy atom. The van der Waals surface area contributed by atoms with Gasteiger partial charge in [0.1, 0.15) is 12.3 Å². The molecule has 0 amide bonds. The van der Waals surface area contributed by atoms with Gasteiger partial charge < -0.3 is 9.84 Å². The van der Waals surface area contributed by atoms with Crippen molar-refractivity contribution in [3.8, 4) is 17.1 Å². The lowest BCUT2D eigenvalue weighted by atomic mass is 9.48. The van der Waals surface area contributed by atoms with Crippen molar-refractivity contribution >= 4 is 16.0 Å². The van der Waals surface area contributed by atoms with Gasteiger partial charge in [-0.3, -0.25) is 5.32 Å². The maximum absolute atomic E-state index is 13.4. The van der Waals surface area contributed by atoms with Gasteiger partial charge in [-0.05, 0) is 98.9 Å². The van der Waals surface area contributed by atoms with Crippen LogP contribution >= 0.6 is 0 Å². The molecule has 2 heterocycles. The van der Waals surface area contributed by atoms with E-state index in [-0.39, 0.29) is 22.4 Å². The number of hydrogen-bond donors (Lipinski definition) is 3. The standard InChI is InChI=1S/C31H36N4O4S/c1-18-5-3-6-19(2)28(18)25-13-27-34-30(33-25)35-40(37,38)24-8-4-7-23(12-24)29(36)32-17-26(39-27)31-14-20-9-21(15-31)11-22(10-20)16-31/h3-8,12-13,20-22,26,29,32,36H,9-11,14-17H2,1-2H3,(H,33,34,35). The molecule has 8 rings (SSSR count). The Hall–Kier alpha value is -3.01. The van der Waals surface area contributed by atoms with E-state index in [1.807, 2.05) is 38.1 Å². The molecule has 2 aromatic carbocycles. The number of ether oxygens (including phenoxy) is 1. The predicted molar refractivity (Wildman–Crippen MR) is 152 cm³/mol. The lowest BCUT2D eigenvalue weighted by Crippen LogP contribution is -2.56. The van der Waals surface area contributed by atoms with Gasteiger partial charge in [-0.15, -0.1) is 0 Å². The maximum Gasteiger partial charge on any atom is 0.264 e. The van der Waals surface area contributed by atoms with Crippen molar-refractivity contribution in [2.24, 2.45) is 23.2 Å². The summed E-state index contributed by atoms with van der Waals surface area (Å²) in [6.45, 7) is 4.47. The minimum absolute atomic E-state index is 0.00708. The molecule has 9 heteroatoms. The number of benzene rings is 2. The Morgan fingerprint density at radius 1 is 0.925 bits per heavy atom. The number of nitrogens with zero attached hydrogens (tertiary/aromatic N) is 2. The van der Waals surface area contributed by atoms with Crippen molar-refractivity contribution in [1.29, 1.82) is 0 Å². The van der Waals surface area contributed by atoms with E-state index in [4.69, 9.17) is 4.74 Å². The Bertz CT molecular complexity index is 1520. The fourth-order valence-corrected chi connectivity index (χ4v) is 9.34. The molecule has 1 aromatic heterocycles. The molecule has 4 saturated carbocycles. The zero-order valence-electron chi connectivity index (χ0n) is 22.9. The number of hydrogen-bond acceptors (Lipinski definition) is 7. The van der Waals surface area contributed by atoms with Crippen LogP contribution in [0.5, 0.6) is 5.88 Å². The van der Waals surface area contributed by atoms with Gasteiger partial charge in [-0.2, -0.15) is 4.98 Å². The van der Waals surface area contributed by atoms with Crippen LogP contribution in [-0.2, 0) is 10.0 Å². The molecular weight excluding hydrogens is 524 g/mol. The molecule has 0 saturated heterocycles. The zero-order valence-corrected chi connectivity index (χ0v) is 23.7. The molecule has 210 valence electrons. The second kappa shape index (κ2) is 9.53. The summed E-state index contributed by atoms with van der Waals surface area (Å²) in [5.41, 5.74) is 4.08. The minimum Gasteiger partial charge on any atom is -0.472 e. The lowest BCUT2D eigenvalue weighted by Gasteiger charge is -2.59. The average molecular weight is 561 g/mol. The largest absolute Gasteiger partial charge is 0.472 e. The number of sulfonamides is 1. The van der Waals surface area contributed by atoms with Crippen molar-refractivity contribution in [3.05, 3.63) is 65.2 Å². The highest BCUT2D eigenvalue weighted by Gasteiger charge is 2.55. The van der Waals surface area contributed by atoms with Crippen LogP contribution < -0.4 is 14.8 Å². The molecule has 2 atom stereocenters. The minimum atomic E-state index is -4.02. The highest BCUT2D eigenvalue weighted by Crippen LogP contribution is 2.61. The molecule has 0 spiro atoms. The van der Waals surface area contributed by atoms with E-state index in [0.717, 1.165) is 53.7 Å². The number of aryl methyl sites for hydroxylation is 2. The van der Waals surface area contributed by atoms with Gasteiger partial charge in [0.25, 0.3) is 10.0 Å². The SMILES string of the molecule is Cc1cccc(C)c1-c1cc2nc(n1)NS(=O)(=O)c1cccc(c1)C(O)NCC(C13CC4CC(CC(C4)C1)C3)O2. The fourth-order valence-electron chi connectivity index (χ4n) is 8.35. The van der Waals surface area contributed by atoms with Gasteiger partial charge in [-0.1, -0.05) is 30.3 Å². The van der Waals surface area contributed by atoms with Crippen LogP contribution in [0.25, 0.3) is 11.3 Å². The summed E-state index contributed by atoms with van der Waals surface area (Å²) >= 11 is 0. The monoisotopic (exact) mass is 560 g/mol. The van der Waals surface area contributed by atoms with Gasteiger partial charge in [-0.25, -0.2) is 18.1 Å². The average Bonchev–Trinajstić information content (AvgIpc) is 2.89. The van der Waals surface area contributed by atoms with Gasteiger partial charge in [0, 0.05) is 23.6 Å². The van der Waals surface area contributed by atoms with Gasteiger partial charge in [0.2, 0.25) is 11.8 Å². The smallest absolute Gasteiger partial charge is 0.264 e. The van der Waals surface area contributed by atoms with E-state index in [1.54, 1.807) is 12.1 Å².